The predicted octanol–water partition coefficient (Wildman–Crippen LogP) is 1.71. The minimum absolute atomic E-state index is 0.102. The molecular weight excluding hydrogens is 356 g/mol. The quantitative estimate of drug-likeness (QED) is 0.670. The number of ether oxygens (including phenoxy) is 1. The molecule has 0 atom stereocenters. The molecular formula is C20H30N6O2. The van der Waals surface area contributed by atoms with E-state index in [2.05, 4.69) is 20.5 Å². The van der Waals surface area contributed by atoms with Crippen molar-refractivity contribution in [2.24, 2.45) is 5.92 Å². The van der Waals surface area contributed by atoms with E-state index in [1.165, 1.54) is 0 Å². The maximum absolute atomic E-state index is 12.6. The number of benzene rings is 1. The van der Waals surface area contributed by atoms with Crippen molar-refractivity contribution in [2.75, 3.05) is 39.0 Å². The van der Waals surface area contributed by atoms with Gasteiger partial charge in [0.1, 0.15) is 5.75 Å². The van der Waals surface area contributed by atoms with Crippen LogP contribution in [0.15, 0.2) is 24.5 Å². The first kappa shape index (κ1) is 20.1. The van der Waals surface area contributed by atoms with Crippen molar-refractivity contribution in [3.8, 4) is 5.75 Å². The van der Waals surface area contributed by atoms with Crippen LogP contribution in [-0.2, 0) is 6.54 Å². The van der Waals surface area contributed by atoms with Gasteiger partial charge >= 0.3 is 0 Å². The molecule has 1 fully saturated rings. The molecule has 8 heteroatoms. The van der Waals surface area contributed by atoms with E-state index in [0.29, 0.717) is 29.5 Å². The van der Waals surface area contributed by atoms with Crippen LogP contribution in [0.2, 0.25) is 0 Å². The molecule has 2 heterocycles. The number of carbonyl (C=O) groups is 1. The molecule has 3 rings (SSSR count). The van der Waals surface area contributed by atoms with E-state index < -0.39 is 0 Å². The van der Waals surface area contributed by atoms with Crippen LogP contribution in [0, 0.1) is 12.8 Å². The number of piperidine rings is 1. The van der Waals surface area contributed by atoms with Crippen molar-refractivity contribution >= 4 is 11.6 Å². The largest absolute Gasteiger partial charge is 0.496 e. The summed E-state index contributed by atoms with van der Waals surface area (Å²) in [7, 11) is 1.56. The fraction of sp³-hybridized carbons (Fsp3) is 0.550. The molecule has 2 aromatic rings. The molecule has 1 aliphatic heterocycles. The maximum atomic E-state index is 12.6. The van der Waals surface area contributed by atoms with E-state index in [4.69, 9.17) is 10.5 Å². The summed E-state index contributed by atoms with van der Waals surface area (Å²) in [6.07, 6.45) is 6.87. The van der Waals surface area contributed by atoms with E-state index in [-0.39, 0.29) is 5.91 Å². The normalized spacial score (nSPS) is 15.5. The number of likely N-dealkylation sites (tertiary alicyclic amines) is 1. The highest BCUT2D eigenvalue weighted by Crippen LogP contribution is 2.25. The van der Waals surface area contributed by atoms with Gasteiger partial charge in [-0.3, -0.25) is 9.48 Å². The Morgan fingerprint density at radius 1 is 1.32 bits per heavy atom. The van der Waals surface area contributed by atoms with Crippen molar-refractivity contribution in [2.45, 2.75) is 32.7 Å². The lowest BCUT2D eigenvalue weighted by atomic mass is 9.96. The molecule has 0 bridgehead atoms. The van der Waals surface area contributed by atoms with Crippen LogP contribution >= 0.6 is 0 Å². The lowest BCUT2D eigenvalue weighted by Crippen LogP contribution is -2.39. The van der Waals surface area contributed by atoms with Crippen LogP contribution in [0.4, 0.5) is 5.69 Å². The molecule has 1 aromatic heterocycles. The zero-order chi connectivity index (χ0) is 19.9. The number of nitrogens with zero attached hydrogens (tertiary/aromatic N) is 4. The molecule has 1 aliphatic rings. The number of nitrogens with two attached hydrogens (primary N) is 1. The smallest absolute Gasteiger partial charge is 0.255 e. The third kappa shape index (κ3) is 5.22. The molecule has 0 spiro atoms. The zero-order valence-electron chi connectivity index (χ0n) is 16.7. The van der Waals surface area contributed by atoms with Crippen molar-refractivity contribution in [3.63, 3.8) is 0 Å². The second-order valence-electron chi connectivity index (χ2n) is 7.42. The molecule has 1 saturated heterocycles. The van der Waals surface area contributed by atoms with Gasteiger partial charge in [-0.05, 0) is 63.4 Å². The Labute approximate surface area is 166 Å². The van der Waals surface area contributed by atoms with Gasteiger partial charge in [0.05, 0.1) is 18.9 Å². The number of nitrogens with one attached hydrogen (secondary N) is 1. The number of rotatable bonds is 8. The lowest BCUT2D eigenvalue weighted by molar-refractivity contribution is 0.0932. The fourth-order valence-corrected chi connectivity index (χ4v) is 3.60. The molecule has 28 heavy (non-hydrogen) atoms. The van der Waals surface area contributed by atoms with Crippen molar-refractivity contribution in [3.05, 3.63) is 35.7 Å². The second kappa shape index (κ2) is 9.54. The van der Waals surface area contributed by atoms with Gasteiger partial charge in [0.25, 0.3) is 5.91 Å². The Bertz CT molecular complexity index is 769. The highest BCUT2D eigenvalue weighted by atomic mass is 16.5. The fourth-order valence-electron chi connectivity index (χ4n) is 3.60. The molecule has 8 nitrogen and oxygen atoms in total. The summed E-state index contributed by atoms with van der Waals surface area (Å²) in [5, 5.41) is 10.9. The van der Waals surface area contributed by atoms with E-state index in [1.807, 2.05) is 17.8 Å². The number of nitrogen functional groups attached to an aromatic ring is 1. The highest BCUT2D eigenvalue weighted by Gasteiger charge is 2.21. The molecule has 1 aromatic carbocycles. The monoisotopic (exact) mass is 386 g/mol. The second-order valence-corrected chi connectivity index (χ2v) is 7.42. The molecule has 0 unspecified atom stereocenters. The molecule has 0 saturated carbocycles. The van der Waals surface area contributed by atoms with Gasteiger partial charge in [-0.1, -0.05) is 5.21 Å². The van der Waals surface area contributed by atoms with Crippen LogP contribution in [0.3, 0.4) is 0 Å². The minimum Gasteiger partial charge on any atom is -0.496 e. The number of methoxy groups -OCH3 is 1. The number of anilines is 1. The van der Waals surface area contributed by atoms with Gasteiger partial charge < -0.3 is 20.7 Å². The van der Waals surface area contributed by atoms with E-state index in [9.17, 15) is 4.79 Å². The Morgan fingerprint density at radius 3 is 2.79 bits per heavy atom. The Balaban J connectivity index is 1.40. The lowest BCUT2D eigenvalue weighted by Gasteiger charge is -2.32. The summed E-state index contributed by atoms with van der Waals surface area (Å²) in [5.74, 6) is 0.925. The average molecular weight is 387 g/mol. The first-order valence-corrected chi connectivity index (χ1v) is 9.85. The summed E-state index contributed by atoms with van der Waals surface area (Å²) >= 11 is 0. The molecule has 3 N–H and O–H groups in total. The first-order valence-electron chi connectivity index (χ1n) is 9.85. The van der Waals surface area contributed by atoms with E-state index in [0.717, 1.165) is 51.0 Å². The van der Waals surface area contributed by atoms with Gasteiger partial charge in [-0.2, -0.15) is 0 Å². The third-order valence-corrected chi connectivity index (χ3v) is 5.42. The number of aryl methyl sites for hydroxylation is 2. The van der Waals surface area contributed by atoms with Crippen LogP contribution in [0.5, 0.6) is 5.75 Å². The third-order valence-electron chi connectivity index (χ3n) is 5.42. The van der Waals surface area contributed by atoms with Crippen molar-refractivity contribution < 1.29 is 9.53 Å². The summed E-state index contributed by atoms with van der Waals surface area (Å²) in [6.45, 7) is 6.70. The van der Waals surface area contributed by atoms with Gasteiger partial charge in [0.2, 0.25) is 0 Å². The number of hydrogen-bond acceptors (Lipinski definition) is 6. The summed E-state index contributed by atoms with van der Waals surface area (Å²) < 4.78 is 7.19. The molecule has 1 amide bonds. The Kier molecular flexibility index (Phi) is 6.86. The topological polar surface area (TPSA) is 98.3 Å². The van der Waals surface area contributed by atoms with Gasteiger partial charge in [0, 0.05) is 31.0 Å². The highest BCUT2D eigenvalue weighted by molar-refractivity contribution is 5.97. The molecule has 0 radical (unpaired) electrons. The summed E-state index contributed by atoms with van der Waals surface area (Å²) in [6, 6.07) is 3.50. The Morgan fingerprint density at radius 2 is 2.11 bits per heavy atom. The van der Waals surface area contributed by atoms with Gasteiger partial charge in [-0.15, -0.1) is 5.10 Å². The number of amides is 1. The SMILES string of the molecule is COc1cc(N)c(C)cc1C(=O)NCC1CCN(CCCn2ccnn2)CC1. The van der Waals surface area contributed by atoms with Gasteiger partial charge in [0.15, 0.2) is 0 Å². The van der Waals surface area contributed by atoms with Crippen LogP contribution < -0.4 is 15.8 Å². The van der Waals surface area contributed by atoms with E-state index >= 15 is 0 Å². The van der Waals surface area contributed by atoms with Crippen LogP contribution in [-0.4, -0.2) is 59.1 Å². The Hall–Kier alpha value is -2.61. The standard InChI is InChI=1S/C20H30N6O2/c1-15-12-17(19(28-2)13-18(15)21)20(27)22-14-16-4-9-25(10-5-16)7-3-8-26-11-6-23-24-26/h6,11-13,16H,3-5,7-10,14,21H2,1-2H3,(H,22,27). The zero-order valence-corrected chi connectivity index (χ0v) is 16.7. The van der Waals surface area contributed by atoms with Crippen LogP contribution in [0.25, 0.3) is 0 Å². The molecule has 152 valence electrons. The predicted molar refractivity (Wildman–Crippen MR) is 108 cm³/mol. The average Bonchev–Trinajstić information content (AvgIpc) is 3.22. The number of carbonyl (C=O) groups excluding carboxylic acids is 1. The number of hydrogen-bond donors (Lipinski definition) is 2. The summed E-state index contributed by atoms with van der Waals surface area (Å²) in [4.78, 5) is 15.1. The molecule has 0 aliphatic carbocycles. The van der Waals surface area contributed by atoms with Crippen molar-refractivity contribution in [1.82, 2.24) is 25.2 Å². The number of aromatic nitrogens is 3. The van der Waals surface area contributed by atoms with Crippen LogP contribution in [0.1, 0.15) is 35.2 Å². The summed E-state index contributed by atoms with van der Waals surface area (Å²) in [5.41, 5.74) is 7.96. The van der Waals surface area contributed by atoms with Gasteiger partial charge in [-0.25, -0.2) is 0 Å². The minimum atomic E-state index is -0.102. The van der Waals surface area contributed by atoms with E-state index in [1.54, 1.807) is 25.4 Å². The van der Waals surface area contributed by atoms with Crippen molar-refractivity contribution in [1.29, 1.82) is 0 Å². The maximum Gasteiger partial charge on any atom is 0.255 e. The first-order chi connectivity index (χ1) is 13.6.